The van der Waals surface area contributed by atoms with Crippen molar-refractivity contribution in [2.75, 3.05) is 11.1 Å². The van der Waals surface area contributed by atoms with Crippen LogP contribution in [0.15, 0.2) is 70.6 Å². The molecule has 2 aromatic carbocycles. The van der Waals surface area contributed by atoms with Gasteiger partial charge >= 0.3 is 0 Å². The van der Waals surface area contributed by atoms with Gasteiger partial charge in [-0.2, -0.15) is 0 Å². The van der Waals surface area contributed by atoms with Crippen LogP contribution in [0, 0.1) is 11.3 Å². The second-order valence-corrected chi connectivity index (χ2v) is 12.1. The van der Waals surface area contributed by atoms with Crippen molar-refractivity contribution in [2.24, 2.45) is 11.3 Å². The number of nitrogens with one attached hydrogen (secondary N) is 1. The van der Waals surface area contributed by atoms with Crippen LogP contribution < -0.4 is 10.9 Å². The van der Waals surface area contributed by atoms with Crippen molar-refractivity contribution in [3.8, 4) is 5.69 Å². The topological polar surface area (TPSA) is 64.0 Å². The highest BCUT2D eigenvalue weighted by atomic mass is 32.2. The van der Waals surface area contributed by atoms with Crippen LogP contribution in [0.25, 0.3) is 15.9 Å². The first-order chi connectivity index (χ1) is 16.8. The highest BCUT2D eigenvalue weighted by Crippen LogP contribution is 2.42. The molecule has 180 valence electrons. The molecule has 0 saturated carbocycles. The summed E-state index contributed by atoms with van der Waals surface area (Å²) in [5.41, 5.74) is 2.88. The number of rotatable bonds is 5. The van der Waals surface area contributed by atoms with E-state index in [0.29, 0.717) is 11.1 Å². The first kappa shape index (κ1) is 23.8. The van der Waals surface area contributed by atoms with Gasteiger partial charge in [0.2, 0.25) is 5.91 Å². The Morgan fingerprint density at radius 2 is 1.80 bits per heavy atom. The Balaban J connectivity index is 1.53. The highest BCUT2D eigenvalue weighted by molar-refractivity contribution is 7.99. The molecule has 5 rings (SSSR count). The summed E-state index contributed by atoms with van der Waals surface area (Å²) in [6.07, 6.45) is 2.99. The van der Waals surface area contributed by atoms with Crippen LogP contribution >= 0.6 is 23.1 Å². The number of benzene rings is 2. The third-order valence-electron chi connectivity index (χ3n) is 6.68. The molecule has 1 atom stereocenters. The third-order valence-corrected chi connectivity index (χ3v) is 8.77. The average molecular weight is 504 g/mol. The monoisotopic (exact) mass is 503 g/mol. The maximum atomic E-state index is 13.9. The van der Waals surface area contributed by atoms with Gasteiger partial charge in [0.05, 0.1) is 16.8 Å². The summed E-state index contributed by atoms with van der Waals surface area (Å²) < 4.78 is 1.67. The molecule has 0 fully saturated rings. The van der Waals surface area contributed by atoms with Crippen LogP contribution in [0.2, 0.25) is 0 Å². The van der Waals surface area contributed by atoms with E-state index in [-0.39, 0.29) is 22.6 Å². The van der Waals surface area contributed by atoms with Crippen LogP contribution in [0.3, 0.4) is 0 Å². The second kappa shape index (κ2) is 9.63. The molecule has 2 aromatic heterocycles. The van der Waals surface area contributed by atoms with E-state index in [4.69, 9.17) is 4.98 Å². The number of fused-ring (bicyclic) bond motifs is 3. The Kier molecular flexibility index (Phi) is 6.55. The number of aromatic nitrogens is 2. The van der Waals surface area contributed by atoms with Crippen LogP contribution in [0.4, 0.5) is 5.69 Å². The van der Waals surface area contributed by atoms with Crippen LogP contribution in [-0.2, 0) is 17.6 Å². The van der Waals surface area contributed by atoms with Gasteiger partial charge in [0.1, 0.15) is 4.83 Å². The molecular weight excluding hydrogens is 474 g/mol. The smallest absolute Gasteiger partial charge is 0.267 e. The number of thioether (sulfide) groups is 1. The first-order valence-corrected chi connectivity index (χ1v) is 13.7. The van der Waals surface area contributed by atoms with Gasteiger partial charge in [0, 0.05) is 10.6 Å². The van der Waals surface area contributed by atoms with Gasteiger partial charge < -0.3 is 5.32 Å². The molecule has 0 radical (unpaired) electrons. The summed E-state index contributed by atoms with van der Waals surface area (Å²) in [7, 11) is 0. The van der Waals surface area contributed by atoms with Crippen molar-refractivity contribution in [2.45, 2.75) is 45.2 Å². The molecule has 0 unspecified atom stereocenters. The number of nitrogens with zero attached hydrogens (tertiary/aromatic N) is 2. The Morgan fingerprint density at radius 1 is 1.11 bits per heavy atom. The third kappa shape index (κ3) is 4.93. The fourth-order valence-corrected chi connectivity index (χ4v) is 6.85. The van der Waals surface area contributed by atoms with Crippen LogP contribution in [0.5, 0.6) is 0 Å². The van der Waals surface area contributed by atoms with Gasteiger partial charge in [-0.25, -0.2) is 4.98 Å². The largest absolute Gasteiger partial charge is 0.325 e. The normalized spacial score (nSPS) is 15.7. The summed E-state index contributed by atoms with van der Waals surface area (Å²) >= 11 is 2.95. The minimum Gasteiger partial charge on any atom is -0.325 e. The van der Waals surface area contributed by atoms with E-state index in [1.165, 1.54) is 22.2 Å². The van der Waals surface area contributed by atoms with Gasteiger partial charge in [-0.05, 0) is 60.4 Å². The number of amides is 1. The zero-order valence-electron chi connectivity index (χ0n) is 20.2. The number of carbonyl (C=O) groups is 1. The highest BCUT2D eigenvalue weighted by Gasteiger charge is 2.32. The first-order valence-electron chi connectivity index (χ1n) is 11.9. The zero-order chi connectivity index (χ0) is 24.6. The summed E-state index contributed by atoms with van der Waals surface area (Å²) in [5.74, 6) is 0.625. The van der Waals surface area contributed by atoms with E-state index in [1.807, 2.05) is 60.7 Å². The van der Waals surface area contributed by atoms with Gasteiger partial charge in [-0.3, -0.25) is 14.2 Å². The number of para-hydroxylation sites is 2. The van der Waals surface area contributed by atoms with Gasteiger partial charge in [0.15, 0.2) is 5.16 Å². The molecule has 1 N–H and O–H groups in total. The lowest BCUT2D eigenvalue weighted by Crippen LogP contribution is -2.27. The number of thiophene rings is 1. The average Bonchev–Trinajstić information content (AvgIpc) is 3.21. The standard InChI is InChI=1S/C28H29N3O2S2/c1-28(2,3)18-14-15-21-22(16-18)35-25-24(21)26(33)31(20-12-8-5-9-13-20)27(30-25)34-17-23(32)29-19-10-6-4-7-11-19/h4-13,18H,14-17H2,1-3H3,(H,29,32)/t18-/m0/s1. The van der Waals surface area contributed by atoms with Crippen molar-refractivity contribution in [1.29, 1.82) is 0 Å². The molecule has 0 bridgehead atoms. The fourth-order valence-electron chi connectivity index (χ4n) is 4.70. The number of anilines is 1. The van der Waals surface area contributed by atoms with Gasteiger partial charge in [0.25, 0.3) is 5.56 Å². The number of aryl methyl sites for hydroxylation is 1. The van der Waals surface area contributed by atoms with Crippen molar-refractivity contribution in [1.82, 2.24) is 9.55 Å². The lowest BCUT2D eigenvalue weighted by Gasteiger charge is -2.33. The fraction of sp³-hybridized carbons (Fsp3) is 0.321. The van der Waals surface area contributed by atoms with Crippen molar-refractivity contribution in [3.63, 3.8) is 0 Å². The predicted octanol–water partition coefficient (Wildman–Crippen LogP) is 6.33. The summed E-state index contributed by atoms with van der Waals surface area (Å²) in [6.45, 7) is 6.89. The van der Waals surface area contributed by atoms with Crippen molar-refractivity contribution < 1.29 is 4.79 Å². The molecule has 4 aromatic rings. The Morgan fingerprint density at radius 3 is 2.49 bits per heavy atom. The van der Waals surface area contributed by atoms with E-state index in [2.05, 4.69) is 26.1 Å². The summed E-state index contributed by atoms with van der Waals surface area (Å²) in [4.78, 5) is 33.6. The van der Waals surface area contributed by atoms with E-state index >= 15 is 0 Å². The molecule has 1 aliphatic carbocycles. The maximum Gasteiger partial charge on any atom is 0.267 e. The van der Waals surface area contributed by atoms with Crippen LogP contribution in [0.1, 0.15) is 37.6 Å². The zero-order valence-corrected chi connectivity index (χ0v) is 21.8. The van der Waals surface area contributed by atoms with Crippen LogP contribution in [-0.4, -0.2) is 21.2 Å². The van der Waals surface area contributed by atoms with Crippen molar-refractivity contribution in [3.05, 3.63) is 81.5 Å². The quantitative estimate of drug-likeness (QED) is 0.255. The van der Waals surface area contributed by atoms with E-state index in [0.717, 1.165) is 40.9 Å². The molecule has 7 heteroatoms. The van der Waals surface area contributed by atoms with E-state index in [9.17, 15) is 9.59 Å². The number of hydrogen-bond donors (Lipinski definition) is 1. The Bertz CT molecular complexity index is 1420. The Hall–Kier alpha value is -2.90. The maximum absolute atomic E-state index is 13.9. The second-order valence-electron chi connectivity index (χ2n) is 10.1. The lowest BCUT2D eigenvalue weighted by molar-refractivity contribution is -0.113. The molecule has 5 nitrogen and oxygen atoms in total. The lowest BCUT2D eigenvalue weighted by atomic mass is 9.72. The molecule has 1 amide bonds. The minimum absolute atomic E-state index is 0.0427. The van der Waals surface area contributed by atoms with E-state index in [1.54, 1.807) is 15.9 Å². The van der Waals surface area contributed by atoms with Crippen molar-refractivity contribution >= 4 is 44.9 Å². The van der Waals surface area contributed by atoms with Gasteiger partial charge in [-0.1, -0.05) is 68.9 Å². The molecule has 0 spiro atoms. The summed E-state index contributed by atoms with van der Waals surface area (Å²) in [6, 6.07) is 19.0. The molecule has 1 aliphatic rings. The number of carbonyl (C=O) groups excluding carboxylic acids is 1. The molecule has 0 saturated heterocycles. The van der Waals surface area contributed by atoms with Gasteiger partial charge in [-0.15, -0.1) is 11.3 Å². The molecule has 0 aliphatic heterocycles. The predicted molar refractivity (Wildman–Crippen MR) is 146 cm³/mol. The summed E-state index contributed by atoms with van der Waals surface area (Å²) in [5, 5.41) is 4.20. The Labute approximate surface area is 213 Å². The molecule has 35 heavy (non-hydrogen) atoms. The minimum atomic E-state index is -0.131. The SMILES string of the molecule is CC(C)(C)[C@H]1CCc2c(sc3nc(SCC(=O)Nc4ccccc4)n(-c4ccccc4)c(=O)c23)C1. The molecular formula is C28H29N3O2S2. The van der Waals surface area contributed by atoms with E-state index < -0.39 is 0 Å². The number of hydrogen-bond acceptors (Lipinski definition) is 5. The molecule has 2 heterocycles.